The number of nitrogens with zero attached hydrogens (tertiary/aromatic N) is 1. The lowest BCUT2D eigenvalue weighted by molar-refractivity contribution is 0.0688. The number of aromatic carboxylic acids is 1. The van der Waals surface area contributed by atoms with E-state index in [0.717, 1.165) is 3.57 Å². The molecule has 2 aromatic rings. The highest BCUT2D eigenvalue weighted by Crippen LogP contribution is 2.25. The zero-order chi connectivity index (χ0) is 14.2. The molecule has 1 N–H and O–H groups in total. The molecule has 0 spiro atoms. The molecule has 0 saturated heterocycles. The van der Waals surface area contributed by atoms with Crippen LogP contribution in [0.25, 0.3) is 5.69 Å². The van der Waals surface area contributed by atoms with Gasteiger partial charge in [-0.1, -0.05) is 11.6 Å². The lowest BCUT2D eigenvalue weighted by Gasteiger charge is -2.08. The van der Waals surface area contributed by atoms with Crippen molar-refractivity contribution in [3.05, 3.63) is 50.3 Å². The van der Waals surface area contributed by atoms with E-state index >= 15 is 0 Å². The molecule has 0 fully saturated rings. The van der Waals surface area contributed by atoms with Crippen LogP contribution in [-0.4, -0.2) is 21.4 Å². The molecule has 0 atom stereocenters. The Hall–Kier alpha value is -1.34. The Bertz CT molecular complexity index is 679. The third-order valence-electron chi connectivity index (χ3n) is 2.61. The Kier molecular flexibility index (Phi) is 3.96. The molecule has 0 radical (unpaired) electrons. The van der Waals surface area contributed by atoms with Gasteiger partial charge in [0.25, 0.3) is 0 Å². The molecular formula is C13H9ClINO3. The predicted molar refractivity (Wildman–Crippen MR) is 80.5 cm³/mol. The first kappa shape index (κ1) is 14.1. The number of rotatable bonds is 3. The molecule has 0 aliphatic carbocycles. The van der Waals surface area contributed by atoms with Gasteiger partial charge in [-0.05, 0) is 53.8 Å². The first-order chi connectivity index (χ1) is 8.90. The highest BCUT2D eigenvalue weighted by atomic mass is 127. The fraction of sp³-hybridized carbons (Fsp3) is 0.0769. The largest absolute Gasteiger partial charge is 0.477 e. The minimum Gasteiger partial charge on any atom is -0.477 e. The molecule has 0 amide bonds. The molecule has 1 aromatic carbocycles. The number of carbonyl (C=O) groups is 2. The maximum atomic E-state index is 11.4. The van der Waals surface area contributed by atoms with Crippen LogP contribution < -0.4 is 0 Å². The summed E-state index contributed by atoms with van der Waals surface area (Å²) in [4.78, 5) is 22.6. The summed E-state index contributed by atoms with van der Waals surface area (Å²) >= 11 is 8.21. The van der Waals surface area contributed by atoms with E-state index < -0.39 is 5.97 Å². The maximum absolute atomic E-state index is 11.4. The number of ketones is 1. The molecule has 2 rings (SSSR count). The Balaban J connectivity index is 2.70. The van der Waals surface area contributed by atoms with Crippen molar-refractivity contribution in [3.8, 4) is 5.69 Å². The van der Waals surface area contributed by atoms with Crippen molar-refractivity contribution in [2.75, 3.05) is 0 Å². The Morgan fingerprint density at radius 3 is 2.58 bits per heavy atom. The number of aromatic nitrogens is 1. The van der Waals surface area contributed by atoms with Gasteiger partial charge in [0.05, 0.1) is 10.7 Å². The van der Waals surface area contributed by atoms with Crippen LogP contribution >= 0.6 is 34.2 Å². The third kappa shape index (κ3) is 2.82. The first-order valence-corrected chi connectivity index (χ1v) is 6.78. The molecule has 98 valence electrons. The molecule has 1 aromatic heterocycles. The molecule has 6 heteroatoms. The smallest absolute Gasteiger partial charge is 0.352 e. The fourth-order valence-corrected chi connectivity index (χ4v) is 2.37. The van der Waals surface area contributed by atoms with Crippen molar-refractivity contribution in [1.29, 1.82) is 0 Å². The summed E-state index contributed by atoms with van der Waals surface area (Å²) in [6.45, 7) is 1.39. The zero-order valence-electron chi connectivity index (χ0n) is 9.85. The summed E-state index contributed by atoms with van der Waals surface area (Å²) in [7, 11) is 0. The molecule has 0 aliphatic heterocycles. The normalized spacial score (nSPS) is 10.5. The monoisotopic (exact) mass is 389 g/mol. The Morgan fingerprint density at radius 2 is 2.00 bits per heavy atom. The number of benzene rings is 1. The topological polar surface area (TPSA) is 59.3 Å². The number of hydrogen-bond donors (Lipinski definition) is 1. The maximum Gasteiger partial charge on any atom is 0.352 e. The van der Waals surface area contributed by atoms with E-state index in [-0.39, 0.29) is 11.5 Å². The standard InChI is InChI=1S/C13H9ClINO3/c1-7(17)8-4-12(13(18)19)16(6-8)11-5-9(15)2-3-10(11)14/h2-6H,1H3,(H,18,19). The van der Waals surface area contributed by atoms with Crippen LogP contribution in [0.3, 0.4) is 0 Å². The summed E-state index contributed by atoms with van der Waals surface area (Å²) in [6.07, 6.45) is 1.49. The van der Waals surface area contributed by atoms with E-state index in [1.165, 1.54) is 23.8 Å². The van der Waals surface area contributed by atoms with Crippen LogP contribution in [-0.2, 0) is 0 Å². The van der Waals surface area contributed by atoms with Crippen LogP contribution in [0.2, 0.25) is 5.02 Å². The van der Waals surface area contributed by atoms with Crippen LogP contribution in [0.4, 0.5) is 0 Å². The third-order valence-corrected chi connectivity index (χ3v) is 3.60. The van der Waals surface area contributed by atoms with Gasteiger partial charge in [0.15, 0.2) is 5.78 Å². The van der Waals surface area contributed by atoms with E-state index in [1.807, 2.05) is 6.07 Å². The minimum absolute atomic E-state index is 0.00843. The van der Waals surface area contributed by atoms with Gasteiger partial charge in [-0.25, -0.2) is 4.79 Å². The number of Topliss-reactive ketones (excluding diaryl/α,β-unsaturated/α-hetero) is 1. The first-order valence-electron chi connectivity index (χ1n) is 5.32. The van der Waals surface area contributed by atoms with Crippen molar-refractivity contribution in [2.45, 2.75) is 6.92 Å². The van der Waals surface area contributed by atoms with E-state index in [2.05, 4.69) is 22.6 Å². The van der Waals surface area contributed by atoms with Gasteiger partial charge in [-0.2, -0.15) is 0 Å². The summed E-state index contributed by atoms with van der Waals surface area (Å²) in [5, 5.41) is 9.63. The molecule has 1 heterocycles. The van der Waals surface area contributed by atoms with Gasteiger partial charge in [-0.15, -0.1) is 0 Å². The number of carbonyl (C=O) groups excluding carboxylic acids is 1. The molecule has 4 nitrogen and oxygen atoms in total. The molecule has 0 unspecified atom stereocenters. The Morgan fingerprint density at radius 1 is 1.32 bits per heavy atom. The van der Waals surface area contributed by atoms with Gasteiger partial charge in [0.2, 0.25) is 0 Å². The second kappa shape index (κ2) is 5.34. The summed E-state index contributed by atoms with van der Waals surface area (Å²) in [6, 6.07) is 6.63. The zero-order valence-corrected chi connectivity index (χ0v) is 12.8. The van der Waals surface area contributed by atoms with Crippen LogP contribution in [0.15, 0.2) is 30.5 Å². The second-order valence-corrected chi connectivity index (χ2v) is 5.59. The number of hydrogen-bond acceptors (Lipinski definition) is 2. The van der Waals surface area contributed by atoms with Gasteiger partial charge in [0.1, 0.15) is 5.69 Å². The van der Waals surface area contributed by atoms with Crippen LogP contribution in [0.1, 0.15) is 27.8 Å². The summed E-state index contributed by atoms with van der Waals surface area (Å²) in [5.41, 5.74) is 0.889. The molecular weight excluding hydrogens is 381 g/mol. The van der Waals surface area contributed by atoms with E-state index in [1.54, 1.807) is 12.1 Å². The molecule has 19 heavy (non-hydrogen) atoms. The number of carboxylic acids is 1. The van der Waals surface area contributed by atoms with Gasteiger partial charge < -0.3 is 9.67 Å². The van der Waals surface area contributed by atoms with Crippen molar-refractivity contribution >= 4 is 45.9 Å². The lowest BCUT2D eigenvalue weighted by Crippen LogP contribution is -2.06. The highest BCUT2D eigenvalue weighted by Gasteiger charge is 2.17. The van der Waals surface area contributed by atoms with Crippen molar-refractivity contribution in [1.82, 2.24) is 4.57 Å². The van der Waals surface area contributed by atoms with E-state index in [4.69, 9.17) is 11.6 Å². The highest BCUT2D eigenvalue weighted by molar-refractivity contribution is 14.1. The van der Waals surface area contributed by atoms with Crippen molar-refractivity contribution in [2.24, 2.45) is 0 Å². The SMILES string of the molecule is CC(=O)c1cc(C(=O)O)n(-c2cc(I)ccc2Cl)c1. The summed E-state index contributed by atoms with van der Waals surface area (Å²) < 4.78 is 2.34. The predicted octanol–water partition coefficient (Wildman–Crippen LogP) is 3.64. The molecule has 0 bridgehead atoms. The van der Waals surface area contributed by atoms with Gasteiger partial charge in [-0.3, -0.25) is 4.79 Å². The lowest BCUT2D eigenvalue weighted by atomic mass is 10.2. The molecule has 0 aliphatic rings. The van der Waals surface area contributed by atoms with Crippen molar-refractivity contribution in [3.63, 3.8) is 0 Å². The number of carboxylic acid groups (broad SMARTS) is 1. The average Bonchev–Trinajstić information content (AvgIpc) is 2.77. The quantitative estimate of drug-likeness (QED) is 0.644. The van der Waals surface area contributed by atoms with Crippen LogP contribution in [0.5, 0.6) is 0 Å². The number of halogens is 2. The van der Waals surface area contributed by atoms with Crippen molar-refractivity contribution < 1.29 is 14.7 Å². The van der Waals surface area contributed by atoms with Crippen LogP contribution in [0, 0.1) is 3.57 Å². The van der Waals surface area contributed by atoms with Gasteiger partial charge in [0, 0.05) is 15.3 Å². The average molecular weight is 390 g/mol. The fourth-order valence-electron chi connectivity index (χ4n) is 1.69. The Labute approximate surface area is 128 Å². The molecule has 0 saturated carbocycles. The summed E-state index contributed by atoms with van der Waals surface area (Å²) in [5.74, 6) is -1.30. The second-order valence-electron chi connectivity index (χ2n) is 3.94. The van der Waals surface area contributed by atoms with E-state index in [9.17, 15) is 14.7 Å². The van der Waals surface area contributed by atoms with E-state index in [0.29, 0.717) is 16.3 Å². The minimum atomic E-state index is -1.11. The van der Waals surface area contributed by atoms with Gasteiger partial charge >= 0.3 is 5.97 Å².